The number of Topliss-reactive ketones (excluding diaryl/α,β-unsaturated/α-hetero) is 1. The van der Waals surface area contributed by atoms with E-state index < -0.39 is 11.8 Å². The number of benzene rings is 1. The molecular weight excluding hydrogens is 224 g/mol. The molecule has 1 aromatic carbocycles. The molecule has 0 radical (unpaired) electrons. The van der Waals surface area contributed by atoms with Crippen LogP contribution in [0.5, 0.6) is 11.5 Å². The molecule has 0 heterocycles. The van der Waals surface area contributed by atoms with Crippen molar-refractivity contribution < 1.29 is 23.8 Å². The van der Waals surface area contributed by atoms with Crippen molar-refractivity contribution in [2.45, 2.75) is 6.92 Å². The van der Waals surface area contributed by atoms with E-state index in [1.165, 1.54) is 20.3 Å². The van der Waals surface area contributed by atoms with Crippen molar-refractivity contribution in [3.63, 3.8) is 0 Å². The van der Waals surface area contributed by atoms with Crippen LogP contribution in [0.3, 0.4) is 0 Å². The summed E-state index contributed by atoms with van der Waals surface area (Å²) >= 11 is 0. The molecule has 0 saturated carbocycles. The average molecular weight is 238 g/mol. The van der Waals surface area contributed by atoms with Crippen LogP contribution >= 0.6 is 0 Å². The lowest BCUT2D eigenvalue weighted by Crippen LogP contribution is -2.18. The van der Waals surface area contributed by atoms with Gasteiger partial charge in [-0.1, -0.05) is 6.07 Å². The Bertz CT molecular complexity index is 425. The summed E-state index contributed by atoms with van der Waals surface area (Å²) in [6.07, 6.45) is 0. The van der Waals surface area contributed by atoms with E-state index in [2.05, 4.69) is 4.74 Å². The van der Waals surface area contributed by atoms with Gasteiger partial charge >= 0.3 is 5.97 Å². The van der Waals surface area contributed by atoms with Gasteiger partial charge in [0.1, 0.15) is 0 Å². The third-order valence-electron chi connectivity index (χ3n) is 2.11. The van der Waals surface area contributed by atoms with Crippen molar-refractivity contribution in [2.75, 3.05) is 20.8 Å². The zero-order valence-corrected chi connectivity index (χ0v) is 9.98. The normalized spacial score (nSPS) is 9.59. The van der Waals surface area contributed by atoms with Crippen LogP contribution in [0.15, 0.2) is 18.2 Å². The second kappa shape index (κ2) is 5.89. The summed E-state index contributed by atoms with van der Waals surface area (Å²) in [7, 11) is 2.86. The number of esters is 1. The predicted molar refractivity (Wildman–Crippen MR) is 60.5 cm³/mol. The van der Waals surface area contributed by atoms with Gasteiger partial charge in [0.25, 0.3) is 5.78 Å². The minimum Gasteiger partial charge on any atom is -0.493 e. The quantitative estimate of drug-likeness (QED) is 0.441. The largest absolute Gasteiger partial charge is 0.493 e. The smallest absolute Gasteiger partial charge is 0.379 e. The molecule has 0 N–H and O–H groups in total. The molecule has 0 aliphatic heterocycles. The van der Waals surface area contributed by atoms with E-state index in [9.17, 15) is 9.59 Å². The van der Waals surface area contributed by atoms with Gasteiger partial charge in [0.2, 0.25) is 0 Å². The highest BCUT2D eigenvalue weighted by molar-refractivity contribution is 6.41. The summed E-state index contributed by atoms with van der Waals surface area (Å²) in [6, 6.07) is 4.73. The standard InChI is InChI=1S/C12H14O5/c1-4-17-12(14)10(13)8-6-5-7-9(15-2)11(8)16-3/h5-7H,4H2,1-3H3. The maximum atomic E-state index is 11.8. The molecule has 0 aliphatic carbocycles. The molecule has 5 nitrogen and oxygen atoms in total. The van der Waals surface area contributed by atoms with Crippen LogP contribution < -0.4 is 9.47 Å². The highest BCUT2D eigenvalue weighted by Crippen LogP contribution is 2.30. The number of carbonyl (C=O) groups excluding carboxylic acids is 2. The summed E-state index contributed by atoms with van der Waals surface area (Å²) in [5.41, 5.74) is 0.130. The lowest BCUT2D eigenvalue weighted by molar-refractivity contribution is -0.137. The van der Waals surface area contributed by atoms with Crippen LogP contribution in [0.25, 0.3) is 0 Å². The molecule has 0 saturated heterocycles. The van der Waals surface area contributed by atoms with Crippen molar-refractivity contribution >= 4 is 11.8 Å². The number of rotatable bonds is 5. The summed E-state index contributed by atoms with van der Waals surface area (Å²) in [5, 5.41) is 0. The molecule has 1 aromatic rings. The maximum absolute atomic E-state index is 11.8. The predicted octanol–water partition coefficient (Wildman–Crippen LogP) is 1.45. The summed E-state index contributed by atoms with van der Waals surface area (Å²) in [6.45, 7) is 1.78. The molecule has 0 amide bonds. The van der Waals surface area contributed by atoms with Gasteiger partial charge in [-0.2, -0.15) is 0 Å². The summed E-state index contributed by atoms with van der Waals surface area (Å²) in [4.78, 5) is 23.1. The zero-order chi connectivity index (χ0) is 12.8. The van der Waals surface area contributed by atoms with Crippen molar-refractivity contribution in [3.8, 4) is 11.5 Å². The first-order valence-electron chi connectivity index (χ1n) is 5.08. The van der Waals surface area contributed by atoms with Crippen molar-refractivity contribution in [1.29, 1.82) is 0 Å². The van der Waals surface area contributed by atoms with Crippen molar-refractivity contribution in [2.24, 2.45) is 0 Å². The second-order valence-corrected chi connectivity index (χ2v) is 3.09. The zero-order valence-electron chi connectivity index (χ0n) is 9.98. The lowest BCUT2D eigenvalue weighted by atomic mass is 10.1. The average Bonchev–Trinajstić information content (AvgIpc) is 2.36. The van der Waals surface area contributed by atoms with Gasteiger partial charge < -0.3 is 14.2 Å². The minimum absolute atomic E-state index is 0.130. The van der Waals surface area contributed by atoms with E-state index in [4.69, 9.17) is 9.47 Å². The first-order chi connectivity index (χ1) is 8.15. The van der Waals surface area contributed by atoms with Crippen LogP contribution in [-0.2, 0) is 9.53 Å². The van der Waals surface area contributed by atoms with E-state index >= 15 is 0 Å². The number of ketones is 1. The van der Waals surface area contributed by atoms with Gasteiger partial charge in [-0.3, -0.25) is 4.79 Å². The monoisotopic (exact) mass is 238 g/mol. The molecule has 0 unspecified atom stereocenters. The molecule has 17 heavy (non-hydrogen) atoms. The number of carbonyl (C=O) groups is 2. The Labute approximate surface area is 99.3 Å². The molecule has 0 bridgehead atoms. The van der Waals surface area contributed by atoms with Gasteiger partial charge in [0, 0.05) is 0 Å². The SMILES string of the molecule is CCOC(=O)C(=O)c1cccc(OC)c1OC. The van der Waals surface area contributed by atoms with Gasteiger partial charge in [-0.25, -0.2) is 4.79 Å². The molecule has 1 rings (SSSR count). The molecule has 0 aromatic heterocycles. The molecule has 0 atom stereocenters. The van der Waals surface area contributed by atoms with E-state index in [1.54, 1.807) is 19.1 Å². The molecular formula is C12H14O5. The third kappa shape index (κ3) is 2.75. The number of methoxy groups -OCH3 is 2. The Balaban J connectivity index is 3.13. The van der Waals surface area contributed by atoms with Crippen LogP contribution in [0.1, 0.15) is 17.3 Å². The third-order valence-corrected chi connectivity index (χ3v) is 2.11. The topological polar surface area (TPSA) is 61.8 Å². The van der Waals surface area contributed by atoms with Crippen molar-refractivity contribution in [3.05, 3.63) is 23.8 Å². The first kappa shape index (κ1) is 13.0. The van der Waals surface area contributed by atoms with Gasteiger partial charge in [-0.15, -0.1) is 0 Å². The van der Waals surface area contributed by atoms with Gasteiger partial charge in [-0.05, 0) is 19.1 Å². The Morgan fingerprint density at radius 2 is 1.88 bits per heavy atom. The highest BCUT2D eigenvalue weighted by Gasteiger charge is 2.23. The van der Waals surface area contributed by atoms with Crippen LogP contribution in [0, 0.1) is 0 Å². The van der Waals surface area contributed by atoms with Crippen LogP contribution in [0.4, 0.5) is 0 Å². The van der Waals surface area contributed by atoms with E-state index in [0.717, 1.165) is 0 Å². The van der Waals surface area contributed by atoms with E-state index in [1.807, 2.05) is 0 Å². The molecule has 0 fully saturated rings. The summed E-state index contributed by atoms with van der Waals surface area (Å²) < 4.78 is 14.7. The Hall–Kier alpha value is -2.04. The van der Waals surface area contributed by atoms with Crippen LogP contribution in [-0.4, -0.2) is 32.6 Å². The molecule has 5 heteroatoms. The maximum Gasteiger partial charge on any atom is 0.379 e. The molecule has 92 valence electrons. The molecule has 0 spiro atoms. The first-order valence-corrected chi connectivity index (χ1v) is 5.08. The fourth-order valence-corrected chi connectivity index (χ4v) is 1.37. The Morgan fingerprint density at radius 1 is 1.18 bits per heavy atom. The Kier molecular flexibility index (Phi) is 4.51. The number of hydrogen-bond acceptors (Lipinski definition) is 5. The lowest BCUT2D eigenvalue weighted by Gasteiger charge is -2.10. The number of ether oxygens (including phenoxy) is 3. The highest BCUT2D eigenvalue weighted by atomic mass is 16.5. The fraction of sp³-hybridized carbons (Fsp3) is 0.333. The Morgan fingerprint density at radius 3 is 2.41 bits per heavy atom. The van der Waals surface area contributed by atoms with E-state index in [0.29, 0.717) is 5.75 Å². The van der Waals surface area contributed by atoms with Crippen molar-refractivity contribution in [1.82, 2.24) is 0 Å². The fourth-order valence-electron chi connectivity index (χ4n) is 1.37. The van der Waals surface area contributed by atoms with Gasteiger partial charge in [0.05, 0.1) is 26.4 Å². The number of para-hydroxylation sites is 1. The van der Waals surface area contributed by atoms with Gasteiger partial charge in [0.15, 0.2) is 11.5 Å². The van der Waals surface area contributed by atoms with E-state index in [-0.39, 0.29) is 17.9 Å². The second-order valence-electron chi connectivity index (χ2n) is 3.09. The van der Waals surface area contributed by atoms with Crippen LogP contribution in [0.2, 0.25) is 0 Å². The molecule has 0 aliphatic rings. The number of hydrogen-bond donors (Lipinski definition) is 0. The minimum atomic E-state index is -0.904. The summed E-state index contributed by atoms with van der Waals surface area (Å²) in [5.74, 6) is -1.03.